The van der Waals surface area contributed by atoms with E-state index >= 15 is 0 Å². The first-order chi connectivity index (χ1) is 11.0. The van der Waals surface area contributed by atoms with Crippen LogP contribution in [0, 0.1) is 0 Å². The number of nitrogens with one attached hydrogen (secondary N) is 4. The first-order valence-corrected chi connectivity index (χ1v) is 6.88. The SMILES string of the molecule is O=C(NC(CO)C(=O)NN1CCOCC1)c1c[nH]c(=O)[nH]c1=O. The van der Waals surface area contributed by atoms with Crippen LogP contribution in [0.2, 0.25) is 0 Å². The van der Waals surface area contributed by atoms with Crippen LogP contribution in [0.5, 0.6) is 0 Å². The minimum Gasteiger partial charge on any atom is -0.394 e. The third-order valence-corrected chi connectivity index (χ3v) is 3.15. The lowest BCUT2D eigenvalue weighted by Crippen LogP contribution is -2.56. The molecule has 0 spiro atoms. The third-order valence-electron chi connectivity index (χ3n) is 3.15. The van der Waals surface area contributed by atoms with Crippen LogP contribution in [-0.2, 0) is 9.53 Å². The maximum Gasteiger partial charge on any atom is 0.325 e. The van der Waals surface area contributed by atoms with Crippen LogP contribution in [0.15, 0.2) is 15.8 Å². The number of ether oxygens (including phenoxy) is 1. The van der Waals surface area contributed by atoms with Crippen molar-refractivity contribution in [3.05, 3.63) is 32.6 Å². The number of amides is 2. The smallest absolute Gasteiger partial charge is 0.325 e. The van der Waals surface area contributed by atoms with E-state index in [0.717, 1.165) is 6.20 Å². The Balaban J connectivity index is 2.00. The van der Waals surface area contributed by atoms with Crippen molar-refractivity contribution >= 4 is 11.8 Å². The summed E-state index contributed by atoms with van der Waals surface area (Å²) in [6.45, 7) is 1.24. The molecule has 2 rings (SSSR count). The highest BCUT2D eigenvalue weighted by atomic mass is 16.5. The third kappa shape index (κ3) is 4.48. The molecule has 0 saturated carbocycles. The Kier molecular flexibility index (Phi) is 5.62. The molecule has 1 aromatic heterocycles. The zero-order chi connectivity index (χ0) is 16.8. The fourth-order valence-electron chi connectivity index (χ4n) is 1.92. The summed E-state index contributed by atoms with van der Waals surface area (Å²) >= 11 is 0. The number of aromatic amines is 2. The molecule has 0 bridgehead atoms. The van der Waals surface area contributed by atoms with Crippen molar-refractivity contribution in [1.29, 1.82) is 0 Å². The van der Waals surface area contributed by atoms with Gasteiger partial charge in [0.1, 0.15) is 11.6 Å². The topological polar surface area (TPSA) is 157 Å². The minimum absolute atomic E-state index is 0.373. The van der Waals surface area contributed by atoms with Gasteiger partial charge in [0.2, 0.25) is 0 Å². The summed E-state index contributed by atoms with van der Waals surface area (Å²) in [5, 5.41) is 13.1. The van der Waals surface area contributed by atoms with Gasteiger partial charge in [-0.05, 0) is 0 Å². The van der Waals surface area contributed by atoms with Crippen LogP contribution < -0.4 is 22.0 Å². The molecule has 2 amide bonds. The number of morpholine rings is 1. The van der Waals surface area contributed by atoms with Crippen LogP contribution in [0.4, 0.5) is 0 Å². The zero-order valence-electron chi connectivity index (χ0n) is 12.1. The molecule has 11 heteroatoms. The number of hydrogen-bond donors (Lipinski definition) is 5. The van der Waals surface area contributed by atoms with Gasteiger partial charge in [0.05, 0.1) is 19.8 Å². The zero-order valence-corrected chi connectivity index (χ0v) is 12.1. The van der Waals surface area contributed by atoms with Crippen molar-refractivity contribution < 1.29 is 19.4 Å². The predicted octanol–water partition coefficient (Wildman–Crippen LogP) is -3.48. The summed E-state index contributed by atoms with van der Waals surface area (Å²) in [6, 6.07) is -1.24. The Labute approximate surface area is 129 Å². The Morgan fingerprint density at radius 2 is 2.04 bits per heavy atom. The molecule has 1 fully saturated rings. The van der Waals surface area contributed by atoms with Gasteiger partial charge in [-0.1, -0.05) is 0 Å². The number of hydrogen-bond acceptors (Lipinski definition) is 7. The van der Waals surface area contributed by atoms with Crippen molar-refractivity contribution in [2.45, 2.75) is 6.04 Å². The summed E-state index contributed by atoms with van der Waals surface area (Å²) < 4.78 is 5.13. The Morgan fingerprint density at radius 1 is 1.35 bits per heavy atom. The summed E-state index contributed by atoms with van der Waals surface area (Å²) in [7, 11) is 0. The van der Waals surface area contributed by atoms with Crippen molar-refractivity contribution in [1.82, 2.24) is 25.7 Å². The van der Waals surface area contributed by atoms with Gasteiger partial charge in [-0.15, -0.1) is 0 Å². The number of aliphatic hydroxyl groups is 1. The fraction of sp³-hybridized carbons (Fsp3) is 0.500. The number of rotatable bonds is 5. The molecule has 126 valence electrons. The molecule has 0 radical (unpaired) electrons. The standard InChI is InChI=1S/C12H17N5O6/c18-6-8(11(21)16-17-1-3-23-4-2-17)14-9(19)7-5-13-12(22)15-10(7)20/h5,8,18H,1-4,6H2,(H,14,19)(H,16,21)(H2,13,15,20,22). The number of aromatic nitrogens is 2. The summed E-state index contributed by atoms with van der Waals surface area (Å²) in [5.41, 5.74) is 0.527. The predicted molar refractivity (Wildman–Crippen MR) is 76.6 cm³/mol. The van der Waals surface area contributed by atoms with Crippen LogP contribution in [-0.4, -0.2) is 70.8 Å². The van der Waals surface area contributed by atoms with Crippen LogP contribution in [0.25, 0.3) is 0 Å². The average Bonchev–Trinajstić information content (AvgIpc) is 2.53. The lowest BCUT2D eigenvalue weighted by Gasteiger charge is -2.28. The van der Waals surface area contributed by atoms with E-state index in [2.05, 4.69) is 15.7 Å². The Morgan fingerprint density at radius 3 is 2.65 bits per heavy atom. The highest BCUT2D eigenvalue weighted by Crippen LogP contribution is 1.95. The summed E-state index contributed by atoms with van der Waals surface area (Å²) in [5.74, 6) is -1.51. The first-order valence-electron chi connectivity index (χ1n) is 6.88. The lowest BCUT2D eigenvalue weighted by atomic mass is 10.2. The minimum atomic E-state index is -1.24. The number of H-pyrrole nitrogens is 2. The second-order valence-electron chi connectivity index (χ2n) is 4.77. The van der Waals surface area contributed by atoms with Crippen molar-refractivity contribution in [2.75, 3.05) is 32.9 Å². The van der Waals surface area contributed by atoms with Crippen LogP contribution >= 0.6 is 0 Å². The molecular weight excluding hydrogens is 310 g/mol. The molecule has 5 N–H and O–H groups in total. The molecule has 0 aliphatic carbocycles. The molecule has 0 aromatic carbocycles. The van der Waals surface area contributed by atoms with Crippen molar-refractivity contribution in [3.8, 4) is 0 Å². The maximum absolute atomic E-state index is 12.0. The van der Waals surface area contributed by atoms with Gasteiger partial charge in [-0.25, -0.2) is 9.80 Å². The molecule has 23 heavy (non-hydrogen) atoms. The molecule has 1 aliphatic rings. The van der Waals surface area contributed by atoms with Gasteiger partial charge in [0.15, 0.2) is 0 Å². The number of carbonyl (C=O) groups is 2. The second kappa shape index (κ2) is 7.67. The van der Waals surface area contributed by atoms with Gasteiger partial charge < -0.3 is 20.1 Å². The van der Waals surface area contributed by atoms with Crippen LogP contribution in [0.3, 0.4) is 0 Å². The largest absolute Gasteiger partial charge is 0.394 e. The number of hydrazine groups is 1. The van der Waals surface area contributed by atoms with E-state index in [0.29, 0.717) is 26.3 Å². The van der Waals surface area contributed by atoms with E-state index in [1.165, 1.54) is 0 Å². The highest BCUT2D eigenvalue weighted by Gasteiger charge is 2.24. The van der Waals surface area contributed by atoms with Crippen molar-refractivity contribution in [2.24, 2.45) is 0 Å². The lowest BCUT2D eigenvalue weighted by molar-refractivity contribution is -0.130. The highest BCUT2D eigenvalue weighted by molar-refractivity contribution is 5.96. The van der Waals surface area contributed by atoms with E-state index in [4.69, 9.17) is 4.74 Å². The van der Waals surface area contributed by atoms with E-state index < -0.39 is 35.7 Å². The molecule has 11 nitrogen and oxygen atoms in total. The first kappa shape index (κ1) is 16.9. The second-order valence-corrected chi connectivity index (χ2v) is 4.77. The van der Waals surface area contributed by atoms with E-state index in [1.54, 1.807) is 5.01 Å². The van der Waals surface area contributed by atoms with E-state index in [1.807, 2.05) is 4.98 Å². The van der Waals surface area contributed by atoms with Crippen molar-refractivity contribution in [3.63, 3.8) is 0 Å². The van der Waals surface area contributed by atoms with Crippen LogP contribution in [0.1, 0.15) is 10.4 Å². The number of nitrogens with zero attached hydrogens (tertiary/aromatic N) is 1. The van der Waals surface area contributed by atoms with E-state index in [-0.39, 0.29) is 5.56 Å². The molecule has 2 heterocycles. The van der Waals surface area contributed by atoms with Gasteiger partial charge in [-0.2, -0.15) is 0 Å². The summed E-state index contributed by atoms with van der Waals surface area (Å²) in [6.07, 6.45) is 0.935. The average molecular weight is 327 g/mol. The van der Waals surface area contributed by atoms with E-state index in [9.17, 15) is 24.3 Å². The maximum atomic E-state index is 12.0. The number of carbonyl (C=O) groups excluding carboxylic acids is 2. The normalized spacial score (nSPS) is 16.6. The quantitative estimate of drug-likeness (QED) is 0.376. The van der Waals surface area contributed by atoms with Gasteiger partial charge in [-0.3, -0.25) is 24.8 Å². The molecule has 1 aliphatic heterocycles. The monoisotopic (exact) mass is 327 g/mol. The molecule has 1 saturated heterocycles. The molecular formula is C12H17N5O6. The number of aliphatic hydroxyl groups excluding tert-OH is 1. The Hall–Kier alpha value is -2.50. The summed E-state index contributed by atoms with van der Waals surface area (Å²) in [4.78, 5) is 50.5. The fourth-order valence-corrected chi connectivity index (χ4v) is 1.92. The van der Waals surface area contributed by atoms with Gasteiger partial charge in [0.25, 0.3) is 17.4 Å². The Bertz CT molecular complexity index is 677. The molecule has 1 unspecified atom stereocenters. The molecule has 1 atom stereocenters. The van der Waals surface area contributed by atoms with Gasteiger partial charge >= 0.3 is 5.69 Å². The molecule has 1 aromatic rings. The van der Waals surface area contributed by atoms with Gasteiger partial charge in [0, 0.05) is 19.3 Å².